The molecular weight excluding hydrogens is 506 g/mol. The van der Waals surface area contributed by atoms with Gasteiger partial charge in [-0.3, -0.25) is 9.97 Å². The molecule has 2 aromatic carbocycles. The average molecular weight is 544 g/mol. The van der Waals surface area contributed by atoms with E-state index in [1.165, 1.54) is 17.3 Å². The standard InChI is InChI=1S/C25H33N2P2.C5H5.Fe/c1-24(2,3)29(25(4,5)6)19-21-13-11-12-20(21)18-28(22-14-7-9-16-26-22)23-15-8-10-17-27-23;1-2-4-5-3-1;/h7-17H,18-19H2,1-6H3;1-5H;/q-1;-5;. The molecule has 2 aromatic heterocycles. The Balaban J connectivity index is 0.000000640. The van der Waals surface area contributed by atoms with Crippen molar-refractivity contribution in [3.63, 3.8) is 0 Å². The fraction of sp³-hybridized carbons (Fsp3) is 0.333. The molecule has 5 heteroatoms. The fourth-order valence-corrected chi connectivity index (χ4v) is 10.0. The van der Waals surface area contributed by atoms with E-state index in [0.717, 1.165) is 17.0 Å². The Morgan fingerprint density at radius 1 is 0.714 bits per heavy atom. The molecule has 192 valence electrons. The number of aromatic nitrogens is 2. The summed E-state index contributed by atoms with van der Waals surface area (Å²) in [5.41, 5.74) is 5.29. The zero-order valence-corrected chi connectivity index (χ0v) is 24.7. The summed E-state index contributed by atoms with van der Waals surface area (Å²) in [6.45, 7) is 14.4. The zero-order chi connectivity index (χ0) is 24.6. The molecule has 0 bridgehead atoms. The first-order valence-electron chi connectivity index (χ1n) is 11.9. The van der Waals surface area contributed by atoms with E-state index in [1.54, 1.807) is 0 Å². The Bertz CT molecular complexity index is 1010. The molecule has 2 nitrogen and oxygen atoms in total. The second-order valence-electron chi connectivity index (χ2n) is 10.4. The first-order chi connectivity index (χ1) is 16.2. The topological polar surface area (TPSA) is 25.8 Å². The zero-order valence-electron chi connectivity index (χ0n) is 21.8. The molecule has 0 saturated heterocycles. The third-order valence-corrected chi connectivity index (χ3v) is 11.9. The maximum absolute atomic E-state index is 4.70. The van der Waals surface area contributed by atoms with Crippen LogP contribution in [0, 0.1) is 0 Å². The predicted octanol–water partition coefficient (Wildman–Crippen LogP) is 7.81. The van der Waals surface area contributed by atoms with Crippen LogP contribution in [0.3, 0.4) is 0 Å². The van der Waals surface area contributed by atoms with Crippen LogP contribution in [0.2, 0.25) is 0 Å². The predicted molar refractivity (Wildman–Crippen MR) is 153 cm³/mol. The molecule has 0 amide bonds. The maximum Gasteiger partial charge on any atom is 0.0694 e. The Morgan fingerprint density at radius 3 is 1.60 bits per heavy atom. The molecule has 0 spiro atoms. The molecule has 0 N–H and O–H groups in total. The summed E-state index contributed by atoms with van der Waals surface area (Å²) in [6.07, 6.45) is 5.98. The number of hydrogen-bond acceptors (Lipinski definition) is 2. The van der Waals surface area contributed by atoms with E-state index in [0.29, 0.717) is 10.3 Å². The van der Waals surface area contributed by atoms with Crippen LogP contribution in [0.1, 0.15) is 52.7 Å². The molecular formula is C30H38FeN2P2-6. The minimum atomic E-state index is -0.614. The molecule has 0 aliphatic carbocycles. The molecule has 2 heterocycles. The van der Waals surface area contributed by atoms with Crippen LogP contribution in [0.15, 0.2) is 97.3 Å². The van der Waals surface area contributed by atoms with Crippen molar-refractivity contribution in [1.29, 1.82) is 0 Å². The second kappa shape index (κ2) is 13.6. The summed E-state index contributed by atoms with van der Waals surface area (Å²) in [5, 5.41) is 0.656. The van der Waals surface area contributed by atoms with Crippen molar-refractivity contribution in [2.75, 3.05) is 0 Å². The Morgan fingerprint density at radius 2 is 1.20 bits per heavy atom. The van der Waals surface area contributed by atoms with Gasteiger partial charge in [-0.25, -0.2) is 12.1 Å². The molecule has 0 radical (unpaired) electrons. The summed E-state index contributed by atoms with van der Waals surface area (Å²) in [5.74, 6) is 0. The number of pyridine rings is 2. The summed E-state index contributed by atoms with van der Waals surface area (Å²) in [4.78, 5) is 9.40. The monoisotopic (exact) mass is 544 g/mol. The smallest absolute Gasteiger partial charge is 0.0694 e. The van der Waals surface area contributed by atoms with Crippen LogP contribution >= 0.6 is 15.8 Å². The summed E-state index contributed by atoms with van der Waals surface area (Å²) < 4.78 is 0. The van der Waals surface area contributed by atoms with Gasteiger partial charge in [0.2, 0.25) is 0 Å². The average Bonchev–Trinajstić information content (AvgIpc) is 3.51. The van der Waals surface area contributed by atoms with Crippen molar-refractivity contribution in [3.05, 3.63) is 108 Å². The SMILES string of the molecule is CC(C)(C)P(C[c-]1cccc1CP(c1ccccn1)c1ccccn1)C(C)(C)C.[Fe].[cH-]1[cH-][cH-][cH-][cH-]1. The Labute approximate surface area is 225 Å². The van der Waals surface area contributed by atoms with Gasteiger partial charge >= 0.3 is 0 Å². The molecule has 0 unspecified atom stereocenters. The summed E-state index contributed by atoms with van der Waals surface area (Å²) in [6, 6.07) is 29.3. The quantitative estimate of drug-likeness (QED) is 0.141. The number of nitrogens with zero attached hydrogens (tertiary/aromatic N) is 2. The Hall–Kier alpha value is -1.62. The normalized spacial score (nSPS) is 11.7. The first kappa shape index (κ1) is 29.6. The van der Waals surface area contributed by atoms with Gasteiger partial charge in [-0.1, -0.05) is 59.8 Å². The van der Waals surface area contributed by atoms with E-state index < -0.39 is 7.92 Å². The van der Waals surface area contributed by atoms with Crippen molar-refractivity contribution in [2.45, 2.75) is 64.2 Å². The summed E-state index contributed by atoms with van der Waals surface area (Å²) in [7, 11) is -0.781. The second-order valence-corrected chi connectivity index (χ2v) is 16.4. The van der Waals surface area contributed by atoms with Gasteiger partial charge in [-0.15, -0.1) is 13.5 Å². The van der Waals surface area contributed by atoms with Gasteiger partial charge in [0.05, 0.1) is 10.9 Å². The van der Waals surface area contributed by atoms with Crippen LogP contribution < -0.4 is 10.9 Å². The molecule has 0 saturated carbocycles. The molecule has 35 heavy (non-hydrogen) atoms. The number of rotatable bonds is 6. The summed E-state index contributed by atoms with van der Waals surface area (Å²) >= 11 is 0. The van der Waals surface area contributed by atoms with E-state index in [9.17, 15) is 0 Å². The van der Waals surface area contributed by atoms with Crippen molar-refractivity contribution in [2.24, 2.45) is 0 Å². The minimum absolute atomic E-state index is 0. The van der Waals surface area contributed by atoms with Crippen molar-refractivity contribution in [3.8, 4) is 0 Å². The first-order valence-corrected chi connectivity index (χ1v) is 15.0. The molecule has 0 atom stereocenters. The van der Waals surface area contributed by atoms with Gasteiger partial charge in [0.15, 0.2) is 0 Å². The van der Waals surface area contributed by atoms with Gasteiger partial charge in [0, 0.05) is 29.5 Å². The molecule has 0 aliphatic rings. The van der Waals surface area contributed by atoms with E-state index in [4.69, 9.17) is 9.97 Å². The van der Waals surface area contributed by atoms with Gasteiger partial charge in [0.1, 0.15) is 0 Å². The van der Waals surface area contributed by atoms with E-state index in [-0.39, 0.29) is 25.0 Å². The van der Waals surface area contributed by atoms with Gasteiger partial charge < -0.3 is 30.3 Å². The largest absolute Gasteiger partial charge is 0.748 e. The van der Waals surface area contributed by atoms with Crippen molar-refractivity contribution >= 4 is 26.7 Å². The third kappa shape index (κ3) is 9.08. The van der Waals surface area contributed by atoms with Crippen LogP contribution in [-0.2, 0) is 29.4 Å². The molecule has 4 rings (SSSR count). The van der Waals surface area contributed by atoms with E-state index >= 15 is 0 Å². The molecule has 0 fully saturated rings. The third-order valence-electron chi connectivity index (χ3n) is 5.69. The fourth-order valence-electron chi connectivity index (χ4n) is 4.25. The number of hydrogen-bond donors (Lipinski definition) is 0. The van der Waals surface area contributed by atoms with Crippen LogP contribution in [0.5, 0.6) is 0 Å². The Kier molecular flexibility index (Phi) is 11.5. The minimum Gasteiger partial charge on any atom is -0.748 e. The van der Waals surface area contributed by atoms with Gasteiger partial charge in [0.25, 0.3) is 0 Å². The molecule has 4 aromatic rings. The maximum atomic E-state index is 4.70. The van der Waals surface area contributed by atoms with Crippen LogP contribution in [-0.4, -0.2) is 20.3 Å². The van der Waals surface area contributed by atoms with Crippen LogP contribution in [0.4, 0.5) is 0 Å². The van der Waals surface area contributed by atoms with Crippen molar-refractivity contribution < 1.29 is 17.1 Å². The van der Waals surface area contributed by atoms with Gasteiger partial charge in [-0.05, 0) is 48.7 Å². The molecule has 0 aliphatic heterocycles. The van der Waals surface area contributed by atoms with E-state index in [2.05, 4.69) is 84.0 Å². The van der Waals surface area contributed by atoms with E-state index in [1.807, 2.05) is 54.9 Å². The van der Waals surface area contributed by atoms with Gasteiger partial charge in [-0.2, -0.15) is 11.6 Å². The van der Waals surface area contributed by atoms with Crippen molar-refractivity contribution in [1.82, 2.24) is 9.97 Å². The van der Waals surface area contributed by atoms with Crippen LogP contribution in [0.25, 0.3) is 0 Å².